The predicted octanol–water partition coefficient (Wildman–Crippen LogP) is 5.97. The van der Waals surface area contributed by atoms with Crippen molar-refractivity contribution in [3.05, 3.63) is 103 Å². The molecule has 0 bridgehead atoms. The minimum absolute atomic E-state index is 0.101. The van der Waals surface area contributed by atoms with Crippen LogP contribution in [-0.2, 0) is 9.59 Å². The van der Waals surface area contributed by atoms with Gasteiger partial charge >= 0.3 is 0 Å². The first-order valence-electron chi connectivity index (χ1n) is 13.0. The number of aromatic nitrogens is 1. The number of rotatable bonds is 19. The van der Waals surface area contributed by atoms with E-state index in [0.29, 0.717) is 18.4 Å². The molecule has 1 heterocycles. The van der Waals surface area contributed by atoms with E-state index in [9.17, 15) is 14.4 Å². The maximum Gasteiger partial charge on any atom is 0.253 e. The largest absolute Gasteiger partial charge is 0.349 e. The van der Waals surface area contributed by atoms with Crippen molar-refractivity contribution in [1.82, 2.24) is 15.6 Å². The molecule has 0 saturated heterocycles. The number of nitrogens with one attached hydrogen (secondary N) is 2. The summed E-state index contributed by atoms with van der Waals surface area (Å²) in [4.78, 5) is 39.5. The summed E-state index contributed by atoms with van der Waals surface area (Å²) in [6.45, 7) is 1.90. The lowest BCUT2D eigenvalue weighted by Crippen LogP contribution is -2.36. The number of carbonyl (C=O) groups is 3. The summed E-state index contributed by atoms with van der Waals surface area (Å²) >= 11 is 0. The minimum atomic E-state index is -0.370. The van der Waals surface area contributed by atoms with Crippen LogP contribution >= 0.6 is 0 Å². The molecule has 0 saturated carbocycles. The summed E-state index contributed by atoms with van der Waals surface area (Å²) in [7, 11) is 0. The number of nitrogens with zero attached hydrogens (tertiary/aromatic N) is 1. The van der Waals surface area contributed by atoms with Crippen molar-refractivity contribution in [2.24, 2.45) is 0 Å². The molecule has 0 atom stereocenters. The second-order valence-corrected chi connectivity index (χ2v) is 8.19. The smallest absolute Gasteiger partial charge is 0.253 e. The first-order chi connectivity index (χ1) is 18.1. The van der Waals surface area contributed by atoms with Crippen molar-refractivity contribution in [3.8, 4) is 0 Å². The predicted molar refractivity (Wildman–Crippen MR) is 152 cm³/mol. The van der Waals surface area contributed by atoms with Gasteiger partial charge in [0.15, 0.2) is 5.78 Å². The molecule has 6 heteroatoms. The summed E-state index contributed by atoms with van der Waals surface area (Å²) in [6.07, 6.45) is 35.4. The summed E-state index contributed by atoms with van der Waals surface area (Å²) < 4.78 is 0. The van der Waals surface area contributed by atoms with Gasteiger partial charge in [-0.25, -0.2) is 0 Å². The Labute approximate surface area is 222 Å². The zero-order valence-electron chi connectivity index (χ0n) is 22.0. The van der Waals surface area contributed by atoms with Crippen molar-refractivity contribution in [3.63, 3.8) is 0 Å². The Morgan fingerprint density at radius 2 is 1.24 bits per heavy atom. The van der Waals surface area contributed by atoms with Crippen LogP contribution in [0.15, 0.2) is 97.4 Å². The molecular weight excluding hydrogens is 462 g/mol. The van der Waals surface area contributed by atoms with Gasteiger partial charge in [0.1, 0.15) is 0 Å². The normalized spacial score (nSPS) is 12.1. The summed E-state index contributed by atoms with van der Waals surface area (Å²) in [6, 6.07) is 3.26. The summed E-state index contributed by atoms with van der Waals surface area (Å²) in [5.41, 5.74) is 0.385. The van der Waals surface area contributed by atoms with Crippen LogP contribution in [0.4, 0.5) is 0 Å². The molecule has 37 heavy (non-hydrogen) atoms. The standard InChI is InChI=1S/C31H41N3O3/c1-2-3-4-5-6-7-8-9-10-11-12-13-14-15-16-17-18-19-20-23-30(36)33-26-29(35)27-34-31(37)28-22-21-24-32-25-28/h3-4,6-7,9-10,12-13,15-16,18-19,21-22,24-25H,2,5,8,11,14,17,20,23,26-27H2,1H3,(H,33,36)(H,34,37). The Morgan fingerprint density at radius 3 is 1.76 bits per heavy atom. The molecule has 0 aliphatic carbocycles. The molecule has 0 radical (unpaired) electrons. The average molecular weight is 504 g/mol. The fourth-order valence-electron chi connectivity index (χ4n) is 2.98. The number of ketones is 1. The van der Waals surface area contributed by atoms with Gasteiger partial charge in [0.25, 0.3) is 5.91 Å². The Kier molecular flexibility index (Phi) is 19.1. The first-order valence-corrected chi connectivity index (χ1v) is 13.0. The molecule has 0 aliphatic rings. The van der Waals surface area contributed by atoms with E-state index >= 15 is 0 Å². The highest BCUT2D eigenvalue weighted by Gasteiger charge is 2.09. The van der Waals surface area contributed by atoms with Crippen molar-refractivity contribution in [2.45, 2.75) is 58.3 Å². The number of pyridine rings is 1. The van der Waals surface area contributed by atoms with Gasteiger partial charge in [0.2, 0.25) is 5.91 Å². The van der Waals surface area contributed by atoms with Crippen LogP contribution in [0.5, 0.6) is 0 Å². The van der Waals surface area contributed by atoms with E-state index in [2.05, 4.69) is 83.3 Å². The van der Waals surface area contributed by atoms with Gasteiger partial charge < -0.3 is 10.6 Å². The van der Waals surface area contributed by atoms with Crippen molar-refractivity contribution >= 4 is 17.6 Å². The Hall–Kier alpha value is -3.80. The molecule has 0 aromatic carbocycles. The Balaban J connectivity index is 2.01. The zero-order chi connectivity index (χ0) is 26.8. The van der Waals surface area contributed by atoms with Crippen LogP contribution in [0.3, 0.4) is 0 Å². The number of Topliss-reactive ketones (excluding diaryl/α,β-unsaturated/α-hetero) is 1. The quantitative estimate of drug-likeness (QED) is 0.228. The lowest BCUT2D eigenvalue weighted by molar-refractivity contribution is -0.124. The van der Waals surface area contributed by atoms with Crippen molar-refractivity contribution in [2.75, 3.05) is 13.1 Å². The van der Waals surface area contributed by atoms with E-state index in [0.717, 1.165) is 38.5 Å². The highest BCUT2D eigenvalue weighted by Crippen LogP contribution is 1.98. The Bertz CT molecular complexity index is 957. The highest BCUT2D eigenvalue weighted by molar-refractivity contribution is 5.97. The minimum Gasteiger partial charge on any atom is -0.349 e. The van der Waals surface area contributed by atoms with Crippen LogP contribution in [0.25, 0.3) is 0 Å². The topological polar surface area (TPSA) is 88.2 Å². The molecule has 2 amide bonds. The molecule has 198 valence electrons. The van der Waals surface area contributed by atoms with Gasteiger partial charge in [-0.1, -0.05) is 79.8 Å². The van der Waals surface area contributed by atoms with Gasteiger partial charge in [-0.3, -0.25) is 19.4 Å². The zero-order valence-corrected chi connectivity index (χ0v) is 22.0. The number of hydrogen-bond acceptors (Lipinski definition) is 4. The maximum atomic E-state index is 11.9. The van der Waals surface area contributed by atoms with Crippen molar-refractivity contribution in [1.29, 1.82) is 0 Å². The molecular formula is C31H41N3O3. The average Bonchev–Trinajstić information content (AvgIpc) is 2.92. The van der Waals surface area contributed by atoms with E-state index in [1.807, 2.05) is 12.2 Å². The van der Waals surface area contributed by atoms with Crippen LogP contribution in [-0.4, -0.2) is 35.7 Å². The van der Waals surface area contributed by atoms with Crippen LogP contribution in [0.2, 0.25) is 0 Å². The number of amides is 2. The molecule has 2 N–H and O–H groups in total. The summed E-state index contributed by atoms with van der Waals surface area (Å²) in [5.74, 6) is -0.823. The lowest BCUT2D eigenvalue weighted by Gasteiger charge is -2.06. The highest BCUT2D eigenvalue weighted by atomic mass is 16.2. The second kappa shape index (κ2) is 22.7. The van der Waals surface area contributed by atoms with E-state index in [1.54, 1.807) is 18.3 Å². The molecule has 0 spiro atoms. The number of allylic oxidation sites excluding steroid dienone is 12. The summed E-state index contributed by atoms with van der Waals surface area (Å²) in [5, 5.41) is 5.11. The second-order valence-electron chi connectivity index (χ2n) is 8.19. The fraction of sp³-hybridized carbons (Fsp3) is 0.355. The van der Waals surface area contributed by atoms with Crippen LogP contribution < -0.4 is 10.6 Å². The third kappa shape index (κ3) is 19.1. The molecule has 1 aromatic rings. The third-order valence-corrected chi connectivity index (χ3v) is 4.99. The number of hydrogen-bond donors (Lipinski definition) is 2. The van der Waals surface area contributed by atoms with Gasteiger partial charge in [0, 0.05) is 18.8 Å². The molecule has 0 aliphatic heterocycles. The van der Waals surface area contributed by atoms with Gasteiger partial charge in [-0.2, -0.15) is 0 Å². The molecule has 0 fully saturated rings. The van der Waals surface area contributed by atoms with Crippen LogP contribution in [0, 0.1) is 0 Å². The van der Waals surface area contributed by atoms with E-state index in [-0.39, 0.29) is 30.7 Å². The van der Waals surface area contributed by atoms with Gasteiger partial charge in [-0.15, -0.1) is 0 Å². The molecule has 1 aromatic heterocycles. The van der Waals surface area contributed by atoms with E-state index in [4.69, 9.17) is 0 Å². The fourth-order valence-corrected chi connectivity index (χ4v) is 2.98. The van der Waals surface area contributed by atoms with Crippen LogP contribution in [0.1, 0.15) is 68.6 Å². The maximum absolute atomic E-state index is 11.9. The molecule has 1 rings (SSSR count). The molecule has 0 unspecified atom stereocenters. The number of carbonyl (C=O) groups excluding carboxylic acids is 3. The Morgan fingerprint density at radius 1 is 0.730 bits per heavy atom. The monoisotopic (exact) mass is 503 g/mol. The van der Waals surface area contributed by atoms with E-state index < -0.39 is 0 Å². The van der Waals surface area contributed by atoms with Crippen molar-refractivity contribution < 1.29 is 14.4 Å². The third-order valence-electron chi connectivity index (χ3n) is 4.99. The van der Waals surface area contributed by atoms with Gasteiger partial charge in [0.05, 0.1) is 18.7 Å². The van der Waals surface area contributed by atoms with E-state index in [1.165, 1.54) is 6.20 Å². The molecule has 6 nitrogen and oxygen atoms in total. The SMILES string of the molecule is CCC=CCC=CCC=CCC=CCC=CCC=CCCC(=O)NCC(=O)CNC(=O)c1cccnc1. The lowest BCUT2D eigenvalue weighted by atomic mass is 10.2. The first kappa shape index (κ1) is 31.2. The van der Waals surface area contributed by atoms with Gasteiger partial charge in [-0.05, 0) is 57.1 Å².